The Morgan fingerprint density at radius 2 is 1.87 bits per heavy atom. The zero-order valence-corrected chi connectivity index (χ0v) is 14.6. The minimum Gasteiger partial charge on any atom is -0.444 e. The molecule has 1 saturated carbocycles. The summed E-state index contributed by atoms with van der Waals surface area (Å²) in [6, 6.07) is 0.412. The number of morpholine rings is 1. The number of rotatable bonds is 1. The number of hydrogen-bond donors (Lipinski definition) is 0. The monoisotopic (exact) mass is 324 g/mol. The molecule has 0 bridgehead atoms. The normalized spacial score (nSPS) is 28.2. The zero-order valence-electron chi connectivity index (χ0n) is 14.6. The Hall–Kier alpha value is -1.30. The highest BCUT2D eigenvalue weighted by molar-refractivity contribution is 5.82. The van der Waals surface area contributed by atoms with Crippen LogP contribution in [0.25, 0.3) is 0 Å². The Bertz CT molecular complexity index is 487. The van der Waals surface area contributed by atoms with Crippen molar-refractivity contribution in [3.8, 4) is 0 Å². The second-order valence-corrected chi connectivity index (χ2v) is 8.11. The van der Waals surface area contributed by atoms with Gasteiger partial charge in [0.05, 0.1) is 12.1 Å². The van der Waals surface area contributed by atoms with Gasteiger partial charge in [-0.15, -0.1) is 0 Å². The molecule has 23 heavy (non-hydrogen) atoms. The summed E-state index contributed by atoms with van der Waals surface area (Å²) in [7, 11) is 0. The second kappa shape index (κ2) is 5.65. The lowest BCUT2D eigenvalue weighted by Gasteiger charge is -2.49. The van der Waals surface area contributed by atoms with Crippen LogP contribution in [0.5, 0.6) is 0 Å². The highest BCUT2D eigenvalue weighted by Gasteiger charge is 2.49. The van der Waals surface area contributed by atoms with Gasteiger partial charge in [-0.05, 0) is 53.4 Å². The first-order valence-electron chi connectivity index (χ1n) is 8.65. The van der Waals surface area contributed by atoms with Crippen LogP contribution in [0.2, 0.25) is 0 Å². The second-order valence-electron chi connectivity index (χ2n) is 8.11. The van der Waals surface area contributed by atoms with E-state index in [0.717, 1.165) is 25.7 Å². The van der Waals surface area contributed by atoms with Crippen molar-refractivity contribution in [3.63, 3.8) is 0 Å². The molecule has 3 aliphatic rings. The summed E-state index contributed by atoms with van der Waals surface area (Å²) in [6.45, 7) is 9.38. The molecule has 0 aromatic rings. The van der Waals surface area contributed by atoms with Gasteiger partial charge in [-0.1, -0.05) is 0 Å². The Labute approximate surface area is 138 Å². The number of piperidine rings is 1. The van der Waals surface area contributed by atoms with Gasteiger partial charge < -0.3 is 19.3 Å². The average Bonchev–Trinajstić information content (AvgIpc) is 3.26. The number of hydrogen-bond acceptors (Lipinski definition) is 4. The summed E-state index contributed by atoms with van der Waals surface area (Å²) in [6.07, 6.45) is 3.10. The predicted octanol–water partition coefficient (Wildman–Crippen LogP) is 2.17. The van der Waals surface area contributed by atoms with Crippen molar-refractivity contribution in [3.05, 3.63) is 0 Å². The lowest BCUT2D eigenvalue weighted by molar-refractivity contribution is -0.190. The van der Waals surface area contributed by atoms with Gasteiger partial charge in [0.2, 0.25) is 0 Å². The number of carbonyl (C=O) groups excluding carboxylic acids is 2. The third-order valence-electron chi connectivity index (χ3n) is 4.83. The van der Waals surface area contributed by atoms with E-state index in [4.69, 9.17) is 9.47 Å². The molecular weight excluding hydrogens is 296 g/mol. The molecule has 0 aromatic carbocycles. The molecule has 0 N–H and O–H groups in total. The molecule has 2 amide bonds. The summed E-state index contributed by atoms with van der Waals surface area (Å²) in [4.78, 5) is 28.2. The Kier molecular flexibility index (Phi) is 4.07. The third kappa shape index (κ3) is 3.62. The Morgan fingerprint density at radius 3 is 2.39 bits per heavy atom. The van der Waals surface area contributed by atoms with Crippen molar-refractivity contribution in [1.82, 2.24) is 9.80 Å². The van der Waals surface area contributed by atoms with E-state index in [1.807, 2.05) is 32.6 Å². The first-order chi connectivity index (χ1) is 10.7. The summed E-state index contributed by atoms with van der Waals surface area (Å²) < 4.78 is 11.5. The lowest BCUT2D eigenvalue weighted by atomic mass is 9.88. The van der Waals surface area contributed by atoms with Crippen molar-refractivity contribution < 1.29 is 19.1 Å². The smallest absolute Gasteiger partial charge is 0.410 e. The van der Waals surface area contributed by atoms with E-state index in [-0.39, 0.29) is 23.7 Å². The molecule has 1 atom stereocenters. The molecule has 1 aliphatic carbocycles. The fourth-order valence-electron chi connectivity index (χ4n) is 3.48. The van der Waals surface area contributed by atoms with Crippen LogP contribution in [-0.2, 0) is 14.3 Å². The summed E-state index contributed by atoms with van der Waals surface area (Å²) >= 11 is 0. The Balaban J connectivity index is 1.61. The number of carbonyl (C=O) groups is 2. The first kappa shape index (κ1) is 16.6. The zero-order chi connectivity index (χ0) is 16.8. The fourth-order valence-corrected chi connectivity index (χ4v) is 3.48. The van der Waals surface area contributed by atoms with Crippen LogP contribution in [0, 0.1) is 0 Å². The van der Waals surface area contributed by atoms with E-state index in [1.54, 1.807) is 4.90 Å². The number of amides is 2. The molecule has 3 rings (SSSR count). The molecule has 1 unspecified atom stereocenters. The van der Waals surface area contributed by atoms with E-state index in [2.05, 4.69) is 0 Å². The molecule has 2 saturated heterocycles. The van der Waals surface area contributed by atoms with Gasteiger partial charge in [0.25, 0.3) is 5.91 Å². The van der Waals surface area contributed by atoms with E-state index in [1.165, 1.54) is 0 Å². The largest absolute Gasteiger partial charge is 0.444 e. The molecule has 2 heterocycles. The van der Waals surface area contributed by atoms with Gasteiger partial charge in [0.15, 0.2) is 0 Å². The first-order valence-corrected chi connectivity index (χ1v) is 8.65. The molecule has 0 aromatic heterocycles. The van der Waals surface area contributed by atoms with E-state index < -0.39 is 5.60 Å². The summed E-state index contributed by atoms with van der Waals surface area (Å²) in [5, 5.41) is 0. The van der Waals surface area contributed by atoms with Crippen LogP contribution < -0.4 is 0 Å². The number of likely N-dealkylation sites (tertiary alicyclic amines) is 1. The van der Waals surface area contributed by atoms with Gasteiger partial charge in [0.1, 0.15) is 11.7 Å². The van der Waals surface area contributed by atoms with E-state index in [0.29, 0.717) is 25.7 Å². The van der Waals surface area contributed by atoms with Crippen LogP contribution in [0.1, 0.15) is 53.4 Å². The van der Waals surface area contributed by atoms with E-state index in [9.17, 15) is 9.59 Å². The predicted molar refractivity (Wildman–Crippen MR) is 85.1 cm³/mol. The van der Waals surface area contributed by atoms with Crippen LogP contribution in [0.4, 0.5) is 4.79 Å². The van der Waals surface area contributed by atoms with Gasteiger partial charge in [-0.25, -0.2) is 4.79 Å². The number of nitrogens with zero attached hydrogens (tertiary/aromatic N) is 2. The number of ether oxygens (including phenoxy) is 2. The van der Waals surface area contributed by atoms with Crippen LogP contribution in [0.15, 0.2) is 0 Å². The highest BCUT2D eigenvalue weighted by atomic mass is 16.6. The quantitative estimate of drug-likeness (QED) is 0.742. The van der Waals surface area contributed by atoms with Crippen LogP contribution in [0.3, 0.4) is 0 Å². The molecule has 1 spiro atoms. The van der Waals surface area contributed by atoms with Crippen molar-refractivity contribution in [2.75, 3.05) is 19.6 Å². The molecule has 3 fully saturated rings. The fraction of sp³-hybridized carbons (Fsp3) is 0.882. The molecule has 6 nitrogen and oxygen atoms in total. The van der Waals surface area contributed by atoms with Gasteiger partial charge in [-0.3, -0.25) is 4.79 Å². The van der Waals surface area contributed by atoms with E-state index >= 15 is 0 Å². The molecule has 2 aliphatic heterocycles. The minimum atomic E-state index is -0.475. The Morgan fingerprint density at radius 1 is 1.26 bits per heavy atom. The SMILES string of the molecule is CC1OC2(CCN(C(=O)OC(C)(C)C)CC2)CN(C2CC2)C1=O. The van der Waals surface area contributed by atoms with Gasteiger partial charge in [0, 0.05) is 19.1 Å². The van der Waals surface area contributed by atoms with Crippen LogP contribution in [-0.4, -0.2) is 64.8 Å². The summed E-state index contributed by atoms with van der Waals surface area (Å²) in [5.74, 6) is 0.118. The standard InChI is InChI=1S/C17H28N2O4/c1-12-14(20)19(13-5-6-13)11-17(22-12)7-9-18(10-8-17)15(21)23-16(2,3)4/h12-13H,5-11H2,1-4H3. The van der Waals surface area contributed by atoms with Crippen molar-refractivity contribution in [1.29, 1.82) is 0 Å². The maximum absolute atomic E-state index is 12.3. The molecule has 130 valence electrons. The van der Waals surface area contributed by atoms with Crippen LogP contribution >= 0.6 is 0 Å². The molecule has 6 heteroatoms. The van der Waals surface area contributed by atoms with Gasteiger partial charge in [-0.2, -0.15) is 0 Å². The van der Waals surface area contributed by atoms with Crippen molar-refractivity contribution in [2.24, 2.45) is 0 Å². The lowest BCUT2D eigenvalue weighted by Crippen LogP contribution is -2.62. The molecular formula is C17H28N2O4. The molecule has 0 radical (unpaired) electrons. The minimum absolute atomic E-state index is 0.118. The maximum Gasteiger partial charge on any atom is 0.410 e. The topological polar surface area (TPSA) is 59.1 Å². The van der Waals surface area contributed by atoms with Crippen molar-refractivity contribution in [2.45, 2.75) is 76.7 Å². The van der Waals surface area contributed by atoms with Gasteiger partial charge >= 0.3 is 6.09 Å². The highest BCUT2D eigenvalue weighted by Crippen LogP contribution is 2.38. The summed E-state index contributed by atoms with van der Waals surface area (Å²) in [5.41, 5.74) is -0.772. The maximum atomic E-state index is 12.3. The van der Waals surface area contributed by atoms with Crippen molar-refractivity contribution >= 4 is 12.0 Å². The average molecular weight is 324 g/mol. The third-order valence-corrected chi connectivity index (χ3v) is 4.83.